The van der Waals surface area contributed by atoms with E-state index in [9.17, 15) is 18.0 Å². The van der Waals surface area contributed by atoms with Crippen molar-refractivity contribution in [3.63, 3.8) is 0 Å². The Kier molecular flexibility index (Phi) is 5.92. The van der Waals surface area contributed by atoms with Crippen LogP contribution in [-0.2, 0) is 6.54 Å². The summed E-state index contributed by atoms with van der Waals surface area (Å²) in [5.41, 5.74) is 1.35. The number of rotatable bonds is 4. The number of benzene rings is 2. The van der Waals surface area contributed by atoms with Crippen molar-refractivity contribution in [2.24, 2.45) is 0 Å². The molecule has 0 aliphatic carbocycles. The first-order chi connectivity index (χ1) is 14.8. The van der Waals surface area contributed by atoms with Crippen LogP contribution >= 0.6 is 11.6 Å². The summed E-state index contributed by atoms with van der Waals surface area (Å²) in [6.07, 6.45) is -4.79. The zero-order valence-corrected chi connectivity index (χ0v) is 16.9. The molecule has 2 aromatic carbocycles. The zero-order valence-electron chi connectivity index (χ0n) is 16.2. The Morgan fingerprint density at radius 2 is 1.90 bits per heavy atom. The van der Waals surface area contributed by atoms with Gasteiger partial charge in [-0.2, -0.15) is 0 Å². The summed E-state index contributed by atoms with van der Waals surface area (Å²) in [4.78, 5) is 16.3. The van der Waals surface area contributed by atoms with Gasteiger partial charge in [-0.15, -0.1) is 13.2 Å². The fraction of sp³-hybridized carbons (Fsp3) is 0.300. The first kappa shape index (κ1) is 21.3. The number of carbonyl (C=O) groups excluding carboxylic acids is 1. The number of hydrogen-bond donors (Lipinski definition) is 1. The third-order valence-electron chi connectivity index (χ3n) is 4.89. The second-order valence-corrected chi connectivity index (χ2v) is 7.44. The van der Waals surface area contributed by atoms with Gasteiger partial charge in [0.2, 0.25) is 0 Å². The topological polar surface area (TPSA) is 70.8 Å². The average Bonchev–Trinajstić information content (AvgIpc) is 3.13. The van der Waals surface area contributed by atoms with Gasteiger partial charge in [0, 0.05) is 32.7 Å². The molecule has 0 saturated carbocycles. The highest BCUT2D eigenvalue weighted by Gasteiger charge is 2.32. The third-order valence-corrected chi connectivity index (χ3v) is 5.19. The molecule has 31 heavy (non-hydrogen) atoms. The Morgan fingerprint density at radius 3 is 2.61 bits per heavy atom. The fourth-order valence-corrected chi connectivity index (χ4v) is 3.62. The molecule has 11 heteroatoms. The van der Waals surface area contributed by atoms with Gasteiger partial charge in [0.1, 0.15) is 5.75 Å². The second kappa shape index (κ2) is 8.64. The van der Waals surface area contributed by atoms with Crippen LogP contribution < -0.4 is 10.1 Å². The van der Waals surface area contributed by atoms with E-state index in [2.05, 4.69) is 20.1 Å². The van der Waals surface area contributed by atoms with Gasteiger partial charge < -0.3 is 14.2 Å². The number of nitrogens with zero attached hydrogens (tertiary/aromatic N) is 3. The number of piperazine rings is 1. The van der Waals surface area contributed by atoms with Crippen LogP contribution in [0.15, 0.2) is 47.0 Å². The maximum absolute atomic E-state index is 12.6. The number of carbonyl (C=O) groups is 1. The Bertz CT molecular complexity index is 1080. The Hall–Kier alpha value is -2.98. The van der Waals surface area contributed by atoms with Gasteiger partial charge in [0.15, 0.2) is 11.4 Å². The van der Waals surface area contributed by atoms with E-state index < -0.39 is 12.1 Å². The molecule has 0 atom stereocenters. The number of para-hydroxylation sites is 1. The fourth-order valence-electron chi connectivity index (χ4n) is 3.37. The van der Waals surface area contributed by atoms with Crippen LogP contribution in [0, 0.1) is 0 Å². The van der Waals surface area contributed by atoms with Crippen molar-refractivity contribution in [2.75, 3.05) is 31.5 Å². The summed E-state index contributed by atoms with van der Waals surface area (Å²) in [7, 11) is 0. The van der Waals surface area contributed by atoms with Gasteiger partial charge in [-0.3, -0.25) is 10.2 Å². The van der Waals surface area contributed by atoms with E-state index in [0.717, 1.165) is 10.9 Å². The highest BCUT2D eigenvalue weighted by Crippen LogP contribution is 2.31. The summed E-state index contributed by atoms with van der Waals surface area (Å²) in [5, 5.41) is 7.30. The van der Waals surface area contributed by atoms with Crippen molar-refractivity contribution in [3.8, 4) is 5.75 Å². The lowest BCUT2D eigenvalue weighted by molar-refractivity contribution is -0.274. The lowest BCUT2D eigenvalue weighted by atomic mass is 10.2. The molecule has 164 valence electrons. The van der Waals surface area contributed by atoms with Crippen molar-refractivity contribution >= 4 is 34.4 Å². The van der Waals surface area contributed by atoms with Crippen LogP contribution in [0.5, 0.6) is 5.75 Å². The third kappa shape index (κ3) is 5.20. The van der Waals surface area contributed by atoms with Crippen LogP contribution in [0.25, 0.3) is 11.0 Å². The summed E-state index contributed by atoms with van der Waals surface area (Å²) in [5.74, 6) is -0.0568. The number of aromatic nitrogens is 1. The molecule has 1 N–H and O–H groups in total. The number of nitrogens with one attached hydrogen (secondary N) is 1. The van der Waals surface area contributed by atoms with Crippen LogP contribution in [0.3, 0.4) is 0 Å². The minimum absolute atomic E-state index is 0.104. The Morgan fingerprint density at radius 1 is 1.16 bits per heavy atom. The SMILES string of the molecule is O=C(Nc1noc2ccccc12)N1CCN(Cc2ccc(OC(F)(F)F)c(Cl)c2)CC1. The molecule has 0 spiro atoms. The molecule has 1 fully saturated rings. The number of amides is 2. The van der Waals surface area contributed by atoms with Crippen molar-refractivity contribution in [2.45, 2.75) is 12.9 Å². The van der Waals surface area contributed by atoms with E-state index in [1.54, 1.807) is 17.0 Å². The van der Waals surface area contributed by atoms with E-state index in [0.29, 0.717) is 44.1 Å². The molecule has 0 unspecified atom stereocenters. The monoisotopic (exact) mass is 454 g/mol. The van der Waals surface area contributed by atoms with Gasteiger partial charge in [-0.05, 0) is 29.8 Å². The molecular weight excluding hydrogens is 437 g/mol. The highest BCUT2D eigenvalue weighted by atomic mass is 35.5. The van der Waals surface area contributed by atoms with Crippen LogP contribution in [0.4, 0.5) is 23.8 Å². The highest BCUT2D eigenvalue weighted by molar-refractivity contribution is 6.32. The maximum atomic E-state index is 12.6. The van der Waals surface area contributed by atoms with Crippen molar-refractivity contribution < 1.29 is 27.2 Å². The average molecular weight is 455 g/mol. The molecule has 0 radical (unpaired) electrons. The summed E-state index contributed by atoms with van der Waals surface area (Å²) in [6.45, 7) is 2.68. The molecule has 2 heterocycles. The molecule has 1 aliphatic rings. The lowest BCUT2D eigenvalue weighted by Gasteiger charge is -2.34. The van der Waals surface area contributed by atoms with E-state index in [-0.39, 0.29) is 11.1 Å². The summed E-state index contributed by atoms with van der Waals surface area (Å²) < 4.78 is 46.1. The zero-order chi connectivity index (χ0) is 22.0. The number of fused-ring (bicyclic) bond motifs is 1. The van der Waals surface area contributed by atoms with E-state index in [4.69, 9.17) is 16.1 Å². The van der Waals surface area contributed by atoms with E-state index >= 15 is 0 Å². The number of halogens is 4. The number of alkyl halides is 3. The lowest BCUT2D eigenvalue weighted by Crippen LogP contribution is -2.49. The minimum atomic E-state index is -4.79. The van der Waals surface area contributed by atoms with Crippen LogP contribution in [-0.4, -0.2) is 53.5 Å². The van der Waals surface area contributed by atoms with Crippen molar-refractivity contribution in [3.05, 3.63) is 53.1 Å². The first-order valence-corrected chi connectivity index (χ1v) is 9.83. The quantitative estimate of drug-likeness (QED) is 0.617. The van der Waals surface area contributed by atoms with E-state index in [1.807, 2.05) is 18.2 Å². The van der Waals surface area contributed by atoms with Gasteiger partial charge in [0.05, 0.1) is 10.4 Å². The van der Waals surface area contributed by atoms with Gasteiger partial charge in [-0.25, -0.2) is 4.79 Å². The van der Waals surface area contributed by atoms with Gasteiger partial charge in [0.25, 0.3) is 0 Å². The summed E-state index contributed by atoms with van der Waals surface area (Å²) >= 11 is 5.91. The predicted octanol–water partition coefficient (Wildman–Crippen LogP) is 4.73. The number of anilines is 1. The second-order valence-electron chi connectivity index (χ2n) is 7.03. The number of ether oxygens (including phenoxy) is 1. The normalized spacial score (nSPS) is 15.3. The Labute approximate surface area is 180 Å². The molecule has 2 amide bonds. The molecular formula is C20H18ClF3N4O3. The predicted molar refractivity (Wildman–Crippen MR) is 108 cm³/mol. The van der Waals surface area contributed by atoms with Crippen molar-refractivity contribution in [1.29, 1.82) is 0 Å². The standard InChI is InChI=1S/C20H18ClF3N4O3/c21-15-11-13(5-6-17(15)30-20(22,23)24)12-27-7-9-28(10-8-27)19(29)25-18-14-3-1-2-4-16(14)31-26-18/h1-6,11H,7-10,12H2,(H,25,26,29). The Balaban J connectivity index is 1.30. The van der Waals surface area contributed by atoms with Gasteiger partial charge in [-0.1, -0.05) is 35.0 Å². The number of urea groups is 1. The summed E-state index contributed by atoms with van der Waals surface area (Å²) in [6, 6.07) is 11.2. The molecule has 1 aromatic heterocycles. The molecule has 7 nitrogen and oxygen atoms in total. The minimum Gasteiger partial charge on any atom is -0.404 e. The molecule has 1 aliphatic heterocycles. The van der Waals surface area contributed by atoms with Crippen molar-refractivity contribution in [1.82, 2.24) is 15.0 Å². The largest absolute Gasteiger partial charge is 0.573 e. The first-order valence-electron chi connectivity index (χ1n) is 9.45. The molecule has 1 saturated heterocycles. The smallest absolute Gasteiger partial charge is 0.404 e. The molecule has 3 aromatic rings. The van der Waals surface area contributed by atoms with E-state index in [1.165, 1.54) is 12.1 Å². The van der Waals surface area contributed by atoms with Crippen LogP contribution in [0.2, 0.25) is 5.02 Å². The maximum Gasteiger partial charge on any atom is 0.573 e. The molecule has 0 bridgehead atoms. The van der Waals surface area contributed by atoms with Gasteiger partial charge >= 0.3 is 12.4 Å². The molecule has 4 rings (SSSR count). The van der Waals surface area contributed by atoms with Crippen LogP contribution in [0.1, 0.15) is 5.56 Å². The number of hydrogen-bond acceptors (Lipinski definition) is 5.